The number of rotatable bonds is 7. The number of benzene rings is 1. The van der Waals surface area contributed by atoms with Crippen LogP contribution in [0.4, 0.5) is 0 Å². The maximum Gasteiger partial charge on any atom is 0.122 e. The fourth-order valence-corrected chi connectivity index (χ4v) is 1.51. The molecule has 1 heteroatoms. The summed E-state index contributed by atoms with van der Waals surface area (Å²) >= 11 is 0. The average Bonchev–Trinajstić information content (AvgIpc) is 2.29. The molecule has 15 heavy (non-hydrogen) atoms. The summed E-state index contributed by atoms with van der Waals surface area (Å²) < 4.78 is 5.74. The molecular weight excluding hydrogens is 184 g/mol. The van der Waals surface area contributed by atoms with Crippen molar-refractivity contribution in [3.05, 3.63) is 42.5 Å². The van der Waals surface area contributed by atoms with E-state index in [1.807, 2.05) is 18.2 Å². The van der Waals surface area contributed by atoms with Crippen LogP contribution in [0.5, 0.6) is 5.75 Å². The van der Waals surface area contributed by atoms with Gasteiger partial charge in [0.25, 0.3) is 0 Å². The lowest BCUT2D eigenvalue weighted by molar-refractivity contribution is 0.304. The van der Waals surface area contributed by atoms with Gasteiger partial charge in [-0.25, -0.2) is 0 Å². The largest absolute Gasteiger partial charge is 0.493 e. The molecule has 0 aliphatic heterocycles. The Hall–Kier alpha value is -1.24. The first-order chi connectivity index (χ1) is 7.38. The molecule has 0 aromatic heterocycles. The van der Waals surface area contributed by atoms with Crippen molar-refractivity contribution in [2.45, 2.75) is 32.6 Å². The molecule has 82 valence electrons. The van der Waals surface area contributed by atoms with Gasteiger partial charge in [-0.1, -0.05) is 31.2 Å². The average molecular weight is 204 g/mol. The van der Waals surface area contributed by atoms with Gasteiger partial charge in [0, 0.05) is 0 Å². The zero-order valence-electron chi connectivity index (χ0n) is 9.54. The molecule has 0 unspecified atom stereocenters. The summed E-state index contributed by atoms with van der Waals surface area (Å²) in [5.41, 5.74) is 1.29. The first-order valence-corrected chi connectivity index (χ1v) is 5.70. The fraction of sp³-hybridized carbons (Fsp3) is 0.429. The molecule has 0 radical (unpaired) electrons. The maximum absolute atomic E-state index is 5.74. The quantitative estimate of drug-likeness (QED) is 0.482. The number of hydrogen-bond donors (Lipinski definition) is 0. The molecular formula is C14H20O. The zero-order chi connectivity index (χ0) is 10.9. The van der Waals surface area contributed by atoms with Gasteiger partial charge in [-0.05, 0) is 37.3 Å². The monoisotopic (exact) mass is 204 g/mol. The minimum Gasteiger partial charge on any atom is -0.493 e. The Labute approximate surface area is 92.8 Å². The number of hydrogen-bond acceptors (Lipinski definition) is 1. The van der Waals surface area contributed by atoms with Gasteiger partial charge in [-0.3, -0.25) is 0 Å². The van der Waals surface area contributed by atoms with E-state index in [0.29, 0.717) is 0 Å². The Bertz CT molecular complexity index is 291. The van der Waals surface area contributed by atoms with Crippen molar-refractivity contribution in [2.24, 2.45) is 0 Å². The van der Waals surface area contributed by atoms with Crippen molar-refractivity contribution in [1.82, 2.24) is 0 Å². The van der Waals surface area contributed by atoms with E-state index in [-0.39, 0.29) is 0 Å². The van der Waals surface area contributed by atoms with E-state index in [2.05, 4.69) is 25.6 Å². The van der Waals surface area contributed by atoms with E-state index < -0.39 is 0 Å². The minimum absolute atomic E-state index is 0.810. The first kappa shape index (κ1) is 11.8. The number of para-hydroxylation sites is 1. The fourth-order valence-electron chi connectivity index (χ4n) is 1.51. The van der Waals surface area contributed by atoms with Crippen molar-refractivity contribution >= 4 is 0 Å². The molecule has 0 amide bonds. The van der Waals surface area contributed by atoms with Crippen LogP contribution in [0, 0.1) is 0 Å². The van der Waals surface area contributed by atoms with E-state index >= 15 is 0 Å². The normalized spacial score (nSPS) is 9.93. The SMILES string of the molecule is C=CCCCCOc1ccccc1CC. The van der Waals surface area contributed by atoms with Crippen LogP contribution < -0.4 is 4.74 Å². The second kappa shape index (κ2) is 7.10. The van der Waals surface area contributed by atoms with Gasteiger partial charge in [-0.2, -0.15) is 0 Å². The number of allylic oxidation sites excluding steroid dienone is 1. The summed E-state index contributed by atoms with van der Waals surface area (Å²) in [5, 5.41) is 0. The van der Waals surface area contributed by atoms with Gasteiger partial charge >= 0.3 is 0 Å². The van der Waals surface area contributed by atoms with E-state index in [9.17, 15) is 0 Å². The van der Waals surface area contributed by atoms with Crippen LogP contribution in [0.3, 0.4) is 0 Å². The molecule has 0 aliphatic carbocycles. The van der Waals surface area contributed by atoms with Gasteiger partial charge in [0.05, 0.1) is 6.61 Å². The molecule has 0 N–H and O–H groups in total. The van der Waals surface area contributed by atoms with E-state index in [0.717, 1.165) is 38.0 Å². The Morgan fingerprint density at radius 2 is 2.07 bits per heavy atom. The molecule has 0 fully saturated rings. The van der Waals surface area contributed by atoms with Crippen molar-refractivity contribution in [1.29, 1.82) is 0 Å². The van der Waals surface area contributed by atoms with Crippen molar-refractivity contribution in [2.75, 3.05) is 6.61 Å². The highest BCUT2D eigenvalue weighted by Crippen LogP contribution is 2.18. The number of aryl methyl sites for hydroxylation is 1. The van der Waals surface area contributed by atoms with Crippen molar-refractivity contribution in [3.8, 4) is 5.75 Å². The van der Waals surface area contributed by atoms with Crippen LogP contribution >= 0.6 is 0 Å². The summed E-state index contributed by atoms with van der Waals surface area (Å²) in [4.78, 5) is 0. The lowest BCUT2D eigenvalue weighted by atomic mass is 10.1. The summed E-state index contributed by atoms with van der Waals surface area (Å²) in [6.07, 6.45) is 6.34. The predicted molar refractivity (Wildman–Crippen MR) is 65.4 cm³/mol. The number of unbranched alkanes of at least 4 members (excludes halogenated alkanes) is 2. The van der Waals surface area contributed by atoms with Gasteiger partial charge < -0.3 is 4.74 Å². The molecule has 0 atom stereocenters. The van der Waals surface area contributed by atoms with Crippen molar-refractivity contribution < 1.29 is 4.74 Å². The highest BCUT2D eigenvalue weighted by molar-refractivity contribution is 5.33. The summed E-state index contributed by atoms with van der Waals surface area (Å²) in [5.74, 6) is 1.04. The first-order valence-electron chi connectivity index (χ1n) is 5.70. The van der Waals surface area contributed by atoms with Crippen LogP contribution in [0.25, 0.3) is 0 Å². The lowest BCUT2D eigenvalue weighted by Gasteiger charge is -2.09. The highest BCUT2D eigenvalue weighted by atomic mass is 16.5. The Morgan fingerprint density at radius 3 is 2.80 bits per heavy atom. The topological polar surface area (TPSA) is 9.23 Å². The zero-order valence-corrected chi connectivity index (χ0v) is 9.54. The Kier molecular flexibility index (Phi) is 5.60. The third-order valence-corrected chi connectivity index (χ3v) is 2.41. The molecule has 0 heterocycles. The molecule has 0 bridgehead atoms. The summed E-state index contributed by atoms with van der Waals surface area (Å²) in [6, 6.07) is 8.26. The smallest absolute Gasteiger partial charge is 0.122 e. The molecule has 0 aliphatic rings. The molecule has 0 saturated carbocycles. The van der Waals surface area contributed by atoms with Crippen LogP contribution in [0.2, 0.25) is 0 Å². The van der Waals surface area contributed by atoms with E-state index in [1.54, 1.807) is 0 Å². The second-order valence-electron chi connectivity index (χ2n) is 3.59. The standard InChI is InChI=1S/C14H20O/c1-3-5-6-9-12-15-14-11-8-7-10-13(14)4-2/h3,7-8,10-11H,1,4-6,9,12H2,2H3. The Morgan fingerprint density at radius 1 is 1.27 bits per heavy atom. The third-order valence-electron chi connectivity index (χ3n) is 2.41. The molecule has 1 aromatic carbocycles. The van der Waals surface area contributed by atoms with Gasteiger partial charge in [0.2, 0.25) is 0 Å². The van der Waals surface area contributed by atoms with Crippen LogP contribution in [0.15, 0.2) is 36.9 Å². The lowest BCUT2D eigenvalue weighted by Crippen LogP contribution is -1.99. The van der Waals surface area contributed by atoms with Crippen LogP contribution in [-0.4, -0.2) is 6.61 Å². The van der Waals surface area contributed by atoms with Gasteiger partial charge in [0.1, 0.15) is 5.75 Å². The van der Waals surface area contributed by atoms with Crippen LogP contribution in [-0.2, 0) is 6.42 Å². The molecule has 1 rings (SSSR count). The predicted octanol–water partition coefficient (Wildman–Crippen LogP) is 3.98. The molecule has 0 spiro atoms. The summed E-state index contributed by atoms with van der Waals surface area (Å²) in [7, 11) is 0. The maximum atomic E-state index is 5.74. The summed E-state index contributed by atoms with van der Waals surface area (Å²) in [6.45, 7) is 6.67. The Balaban J connectivity index is 2.33. The second-order valence-corrected chi connectivity index (χ2v) is 3.59. The minimum atomic E-state index is 0.810. The highest BCUT2D eigenvalue weighted by Gasteiger charge is 1.99. The van der Waals surface area contributed by atoms with Gasteiger partial charge in [-0.15, -0.1) is 6.58 Å². The van der Waals surface area contributed by atoms with Crippen molar-refractivity contribution in [3.63, 3.8) is 0 Å². The molecule has 0 saturated heterocycles. The number of ether oxygens (including phenoxy) is 1. The molecule has 1 nitrogen and oxygen atoms in total. The van der Waals surface area contributed by atoms with E-state index in [4.69, 9.17) is 4.74 Å². The van der Waals surface area contributed by atoms with Gasteiger partial charge in [0.15, 0.2) is 0 Å². The van der Waals surface area contributed by atoms with E-state index in [1.165, 1.54) is 5.56 Å². The third kappa shape index (κ3) is 4.20. The molecule has 1 aromatic rings. The van der Waals surface area contributed by atoms with Crippen LogP contribution in [0.1, 0.15) is 31.7 Å².